The largest absolute Gasteiger partial charge is 0.352 e. The summed E-state index contributed by atoms with van der Waals surface area (Å²) in [6, 6.07) is 8.41. The molecule has 0 bridgehead atoms. The first kappa shape index (κ1) is 13.6. The number of hydrogen-bond acceptors (Lipinski definition) is 2. The van der Waals surface area contributed by atoms with E-state index in [1.54, 1.807) is 0 Å². The Balaban J connectivity index is 1.82. The molecule has 2 N–H and O–H groups in total. The molecule has 1 amide bonds. The molecule has 1 saturated heterocycles. The predicted octanol–water partition coefficient (Wildman–Crippen LogP) is 2.25. The Morgan fingerprint density at radius 1 is 1.50 bits per heavy atom. The van der Waals surface area contributed by atoms with Crippen LogP contribution in [0.3, 0.4) is 0 Å². The molecule has 0 spiro atoms. The zero-order valence-corrected chi connectivity index (χ0v) is 12.2. The van der Waals surface area contributed by atoms with Crippen molar-refractivity contribution in [2.45, 2.75) is 38.3 Å². The van der Waals surface area contributed by atoms with Crippen LogP contribution in [0, 0.1) is 0 Å². The van der Waals surface area contributed by atoms with E-state index in [9.17, 15) is 4.79 Å². The first-order chi connectivity index (χ1) is 8.65. The van der Waals surface area contributed by atoms with Gasteiger partial charge in [0.05, 0.1) is 6.04 Å². The summed E-state index contributed by atoms with van der Waals surface area (Å²) in [6.07, 6.45) is 2.92. The number of rotatable bonds is 4. The maximum Gasteiger partial charge on any atom is 0.237 e. The van der Waals surface area contributed by atoms with Gasteiger partial charge in [0, 0.05) is 10.5 Å². The first-order valence-corrected chi connectivity index (χ1v) is 7.22. The molecule has 18 heavy (non-hydrogen) atoms. The molecule has 1 aliphatic rings. The van der Waals surface area contributed by atoms with E-state index in [2.05, 4.69) is 45.6 Å². The highest BCUT2D eigenvalue weighted by Crippen LogP contribution is 2.12. The summed E-state index contributed by atoms with van der Waals surface area (Å²) in [5, 5.41) is 6.29. The second-order valence-corrected chi connectivity index (χ2v) is 5.80. The van der Waals surface area contributed by atoms with Gasteiger partial charge >= 0.3 is 0 Å². The average Bonchev–Trinajstić information content (AvgIpc) is 2.85. The molecule has 2 rings (SSSR count). The minimum absolute atomic E-state index is 0.0115. The van der Waals surface area contributed by atoms with Crippen LogP contribution in [0.5, 0.6) is 0 Å². The molecule has 3 nitrogen and oxygen atoms in total. The molecule has 0 aromatic heterocycles. The second-order valence-electron chi connectivity index (χ2n) is 4.89. The van der Waals surface area contributed by atoms with E-state index in [0.29, 0.717) is 0 Å². The highest BCUT2D eigenvalue weighted by molar-refractivity contribution is 9.10. The van der Waals surface area contributed by atoms with Gasteiger partial charge in [-0.15, -0.1) is 0 Å². The van der Waals surface area contributed by atoms with Crippen molar-refractivity contribution in [2.24, 2.45) is 0 Å². The lowest BCUT2D eigenvalue weighted by Crippen LogP contribution is -2.44. The van der Waals surface area contributed by atoms with Crippen molar-refractivity contribution in [1.29, 1.82) is 0 Å². The van der Waals surface area contributed by atoms with E-state index in [4.69, 9.17) is 0 Å². The molecule has 4 heteroatoms. The maximum absolute atomic E-state index is 11.9. The third-order valence-electron chi connectivity index (χ3n) is 3.22. The van der Waals surface area contributed by atoms with Gasteiger partial charge in [-0.2, -0.15) is 0 Å². The number of carbonyl (C=O) groups excluding carboxylic acids is 1. The topological polar surface area (TPSA) is 41.1 Å². The van der Waals surface area contributed by atoms with Crippen LogP contribution < -0.4 is 10.6 Å². The smallest absolute Gasteiger partial charge is 0.237 e. The van der Waals surface area contributed by atoms with E-state index in [-0.39, 0.29) is 18.0 Å². The van der Waals surface area contributed by atoms with E-state index in [1.807, 2.05) is 12.1 Å². The van der Waals surface area contributed by atoms with Gasteiger partial charge in [0.15, 0.2) is 0 Å². The molecule has 2 atom stereocenters. The Morgan fingerprint density at radius 2 is 2.22 bits per heavy atom. The zero-order chi connectivity index (χ0) is 13.0. The number of benzene rings is 1. The highest BCUT2D eigenvalue weighted by Gasteiger charge is 2.22. The molecule has 98 valence electrons. The Morgan fingerprint density at radius 3 is 2.83 bits per heavy atom. The lowest BCUT2D eigenvalue weighted by Gasteiger charge is -2.17. The van der Waals surface area contributed by atoms with Crippen molar-refractivity contribution in [2.75, 3.05) is 6.54 Å². The molecule has 0 saturated carbocycles. The van der Waals surface area contributed by atoms with Crippen LogP contribution in [0.15, 0.2) is 28.7 Å². The summed E-state index contributed by atoms with van der Waals surface area (Å²) in [4.78, 5) is 11.9. The van der Waals surface area contributed by atoms with Gasteiger partial charge < -0.3 is 10.6 Å². The molecule has 1 unspecified atom stereocenters. The summed E-state index contributed by atoms with van der Waals surface area (Å²) in [6.45, 7) is 3.01. The van der Waals surface area contributed by atoms with Gasteiger partial charge in [0.25, 0.3) is 0 Å². The summed E-state index contributed by atoms with van der Waals surface area (Å²) in [5.41, 5.74) is 1.24. The Bertz CT molecular complexity index is 399. The van der Waals surface area contributed by atoms with Crippen molar-refractivity contribution < 1.29 is 4.79 Å². The van der Waals surface area contributed by atoms with Crippen molar-refractivity contribution in [3.05, 3.63) is 34.3 Å². The van der Waals surface area contributed by atoms with Crippen molar-refractivity contribution in [3.8, 4) is 0 Å². The molecule has 0 radical (unpaired) electrons. The number of amides is 1. The quantitative estimate of drug-likeness (QED) is 0.895. The lowest BCUT2D eigenvalue weighted by molar-refractivity contribution is -0.123. The molecular formula is C14H19BrN2O. The molecule has 1 aliphatic heterocycles. The molecule has 1 fully saturated rings. The average molecular weight is 311 g/mol. The van der Waals surface area contributed by atoms with Crippen LogP contribution in [0.25, 0.3) is 0 Å². The van der Waals surface area contributed by atoms with Crippen LogP contribution in [0.4, 0.5) is 0 Å². The van der Waals surface area contributed by atoms with Gasteiger partial charge in [0.1, 0.15) is 0 Å². The lowest BCUT2D eigenvalue weighted by atomic mass is 10.1. The summed E-state index contributed by atoms with van der Waals surface area (Å²) in [5.74, 6) is 0.136. The van der Waals surface area contributed by atoms with Gasteiger partial charge in [-0.3, -0.25) is 4.79 Å². The van der Waals surface area contributed by atoms with Gasteiger partial charge in [-0.05, 0) is 50.4 Å². The Labute approximate surface area is 116 Å². The maximum atomic E-state index is 11.9. The SMILES string of the molecule is CC(Cc1ccc(Br)cc1)NC(=O)[C@H]1CCCN1. The Kier molecular flexibility index (Phi) is 4.78. The zero-order valence-electron chi connectivity index (χ0n) is 10.6. The van der Waals surface area contributed by atoms with E-state index in [1.165, 1.54) is 5.56 Å². The minimum atomic E-state index is 0.0115. The van der Waals surface area contributed by atoms with Crippen molar-refractivity contribution in [1.82, 2.24) is 10.6 Å². The minimum Gasteiger partial charge on any atom is -0.352 e. The standard InChI is InChI=1S/C14H19BrN2O/c1-10(9-11-4-6-12(15)7-5-11)17-14(18)13-3-2-8-16-13/h4-7,10,13,16H,2-3,8-9H2,1H3,(H,17,18)/t10?,13-/m1/s1. The molecular weight excluding hydrogens is 292 g/mol. The fourth-order valence-corrected chi connectivity index (χ4v) is 2.54. The summed E-state index contributed by atoms with van der Waals surface area (Å²) >= 11 is 3.42. The highest BCUT2D eigenvalue weighted by atomic mass is 79.9. The van der Waals surface area contributed by atoms with Crippen molar-refractivity contribution in [3.63, 3.8) is 0 Å². The number of halogens is 1. The fourth-order valence-electron chi connectivity index (χ4n) is 2.28. The number of nitrogens with one attached hydrogen (secondary N) is 2. The van der Waals surface area contributed by atoms with E-state index >= 15 is 0 Å². The molecule has 1 aromatic rings. The van der Waals surface area contributed by atoms with Crippen LogP contribution in [-0.4, -0.2) is 24.5 Å². The van der Waals surface area contributed by atoms with Gasteiger partial charge in [-0.1, -0.05) is 28.1 Å². The molecule has 1 heterocycles. The predicted molar refractivity (Wildman–Crippen MR) is 76.5 cm³/mol. The molecule has 1 aromatic carbocycles. The first-order valence-electron chi connectivity index (χ1n) is 6.43. The summed E-state index contributed by atoms with van der Waals surface area (Å²) in [7, 11) is 0. The van der Waals surface area contributed by atoms with Gasteiger partial charge in [-0.25, -0.2) is 0 Å². The summed E-state index contributed by atoms with van der Waals surface area (Å²) < 4.78 is 1.08. The van der Waals surface area contributed by atoms with E-state index in [0.717, 1.165) is 30.3 Å². The number of carbonyl (C=O) groups is 1. The Hall–Kier alpha value is -0.870. The van der Waals surface area contributed by atoms with Crippen molar-refractivity contribution >= 4 is 21.8 Å². The fraction of sp³-hybridized carbons (Fsp3) is 0.500. The third-order valence-corrected chi connectivity index (χ3v) is 3.75. The number of hydrogen-bond donors (Lipinski definition) is 2. The molecule has 0 aliphatic carbocycles. The second kappa shape index (κ2) is 6.34. The normalized spacial score (nSPS) is 20.7. The van der Waals surface area contributed by atoms with Crippen LogP contribution in [0.2, 0.25) is 0 Å². The van der Waals surface area contributed by atoms with Crippen LogP contribution >= 0.6 is 15.9 Å². The van der Waals surface area contributed by atoms with Gasteiger partial charge in [0.2, 0.25) is 5.91 Å². The van der Waals surface area contributed by atoms with Crippen LogP contribution in [-0.2, 0) is 11.2 Å². The monoisotopic (exact) mass is 310 g/mol. The third kappa shape index (κ3) is 3.82. The van der Waals surface area contributed by atoms with Crippen LogP contribution in [0.1, 0.15) is 25.3 Å². The van der Waals surface area contributed by atoms with E-state index < -0.39 is 0 Å².